The van der Waals surface area contributed by atoms with Gasteiger partial charge in [-0.25, -0.2) is 14.8 Å². The third-order valence-corrected chi connectivity index (χ3v) is 7.19. The van der Waals surface area contributed by atoms with Crippen LogP contribution in [0.2, 0.25) is 0 Å². The molecule has 2 aromatic carbocycles. The second-order valence-electron chi connectivity index (χ2n) is 10.8. The van der Waals surface area contributed by atoms with Crippen molar-refractivity contribution in [1.29, 1.82) is 0 Å². The molecule has 1 unspecified atom stereocenters. The van der Waals surface area contributed by atoms with Crippen molar-refractivity contribution >= 4 is 6.16 Å². The first kappa shape index (κ1) is 32.1. The van der Waals surface area contributed by atoms with Crippen LogP contribution in [0.3, 0.4) is 0 Å². The van der Waals surface area contributed by atoms with Crippen LogP contribution in [0, 0.1) is 0 Å². The van der Waals surface area contributed by atoms with Crippen LogP contribution in [0.5, 0.6) is 11.5 Å². The van der Waals surface area contributed by atoms with Gasteiger partial charge in [-0.15, -0.1) is 0 Å². The smallest absolute Gasteiger partial charge is 0.490 e. The van der Waals surface area contributed by atoms with Crippen molar-refractivity contribution in [3.05, 3.63) is 60.9 Å². The van der Waals surface area contributed by atoms with Gasteiger partial charge in [-0.2, -0.15) is 0 Å². The molecule has 0 saturated heterocycles. The Kier molecular flexibility index (Phi) is 14.8. The van der Waals surface area contributed by atoms with Crippen molar-refractivity contribution in [3.63, 3.8) is 0 Å². The van der Waals surface area contributed by atoms with Crippen LogP contribution >= 0.6 is 0 Å². The zero-order valence-electron chi connectivity index (χ0n) is 25.3. The van der Waals surface area contributed by atoms with Gasteiger partial charge < -0.3 is 14.2 Å². The predicted octanol–water partition coefficient (Wildman–Crippen LogP) is 10.2. The molecule has 0 radical (unpaired) electrons. The fourth-order valence-electron chi connectivity index (χ4n) is 4.69. The lowest BCUT2D eigenvalue weighted by molar-refractivity contribution is 0.0613. The summed E-state index contributed by atoms with van der Waals surface area (Å²) in [4.78, 5) is 21.1. The molecule has 0 bridgehead atoms. The molecule has 0 amide bonds. The minimum Gasteiger partial charge on any atom is -0.490 e. The van der Waals surface area contributed by atoms with E-state index in [1.54, 1.807) is 24.5 Å². The van der Waals surface area contributed by atoms with Crippen LogP contribution in [0.15, 0.2) is 60.9 Å². The molecule has 1 atom stereocenters. The van der Waals surface area contributed by atoms with Crippen LogP contribution in [0.4, 0.5) is 4.79 Å². The van der Waals surface area contributed by atoms with Gasteiger partial charge >= 0.3 is 6.16 Å². The van der Waals surface area contributed by atoms with Gasteiger partial charge in [-0.3, -0.25) is 0 Å². The van der Waals surface area contributed by atoms with Crippen molar-refractivity contribution in [3.8, 4) is 34.0 Å². The van der Waals surface area contributed by atoms with Gasteiger partial charge in [-0.05, 0) is 49.4 Å². The van der Waals surface area contributed by atoms with Crippen molar-refractivity contribution < 1.29 is 19.0 Å². The van der Waals surface area contributed by atoms with E-state index >= 15 is 0 Å². The number of benzene rings is 2. The zero-order valence-corrected chi connectivity index (χ0v) is 25.3. The topological polar surface area (TPSA) is 70.5 Å². The molecule has 0 aliphatic rings. The Hall–Kier alpha value is -3.41. The van der Waals surface area contributed by atoms with E-state index in [1.807, 2.05) is 43.3 Å². The molecule has 3 rings (SSSR count). The molecule has 1 aromatic heterocycles. The minimum absolute atomic E-state index is 0.149. The molecule has 0 aliphatic heterocycles. The van der Waals surface area contributed by atoms with E-state index in [9.17, 15) is 4.79 Å². The average Bonchev–Trinajstić information content (AvgIpc) is 2.99. The molecule has 1 heterocycles. The lowest BCUT2D eigenvalue weighted by atomic mass is 10.0. The molecule has 3 aromatic rings. The second kappa shape index (κ2) is 18.8. The lowest BCUT2D eigenvalue weighted by Gasteiger charge is -2.13. The third kappa shape index (κ3) is 12.3. The predicted molar refractivity (Wildman–Crippen MR) is 166 cm³/mol. The van der Waals surface area contributed by atoms with Gasteiger partial charge in [0.05, 0.1) is 19.0 Å². The van der Waals surface area contributed by atoms with Crippen molar-refractivity contribution in [2.24, 2.45) is 0 Å². The number of rotatable bonds is 19. The number of hydrogen-bond donors (Lipinski definition) is 0. The van der Waals surface area contributed by atoms with E-state index in [0.717, 1.165) is 42.4 Å². The van der Waals surface area contributed by atoms with Crippen molar-refractivity contribution in [2.45, 2.75) is 110 Å². The van der Waals surface area contributed by atoms with Gasteiger partial charge in [0.15, 0.2) is 11.6 Å². The van der Waals surface area contributed by atoms with Crippen molar-refractivity contribution in [1.82, 2.24) is 9.97 Å². The highest BCUT2D eigenvalue weighted by atomic mass is 16.7. The van der Waals surface area contributed by atoms with Gasteiger partial charge in [0, 0.05) is 5.56 Å². The number of ether oxygens (including phenoxy) is 3. The summed E-state index contributed by atoms with van der Waals surface area (Å²) in [5.74, 6) is 1.84. The van der Waals surface area contributed by atoms with E-state index < -0.39 is 6.16 Å². The molecule has 0 saturated carbocycles. The molecule has 6 heteroatoms. The molecule has 0 aliphatic carbocycles. The first-order chi connectivity index (χ1) is 20.1. The number of aromatic nitrogens is 2. The van der Waals surface area contributed by atoms with Crippen LogP contribution < -0.4 is 9.47 Å². The van der Waals surface area contributed by atoms with E-state index in [2.05, 4.69) is 23.8 Å². The Morgan fingerprint density at radius 2 is 1.17 bits per heavy atom. The van der Waals surface area contributed by atoms with E-state index in [-0.39, 0.29) is 6.10 Å². The third-order valence-electron chi connectivity index (χ3n) is 7.19. The first-order valence-corrected chi connectivity index (χ1v) is 15.6. The Morgan fingerprint density at radius 3 is 1.78 bits per heavy atom. The summed E-state index contributed by atoms with van der Waals surface area (Å²) in [6.07, 6.45) is 18.4. The Bertz CT molecular complexity index is 1110. The summed E-state index contributed by atoms with van der Waals surface area (Å²) in [5, 5.41) is 0. The lowest BCUT2D eigenvalue weighted by Crippen LogP contribution is -2.18. The Morgan fingerprint density at radius 1 is 0.659 bits per heavy atom. The molecular weight excluding hydrogens is 512 g/mol. The molecule has 0 N–H and O–H groups in total. The number of carbonyl (C=O) groups excluding carboxylic acids is 1. The zero-order chi connectivity index (χ0) is 29.1. The highest BCUT2D eigenvalue weighted by Gasteiger charge is 2.12. The summed E-state index contributed by atoms with van der Waals surface area (Å²) in [6, 6.07) is 15.5. The number of carbonyl (C=O) groups is 1. The summed E-state index contributed by atoms with van der Waals surface area (Å²) in [5.41, 5.74) is 3.01. The van der Waals surface area contributed by atoms with E-state index in [1.165, 1.54) is 57.8 Å². The Balaban J connectivity index is 1.40. The van der Waals surface area contributed by atoms with Crippen LogP contribution in [-0.4, -0.2) is 28.8 Å². The standard InChI is InChI=1S/C35H48N2O4/c1-4-6-8-10-11-12-13-15-25-39-33-26-36-34(37-27-33)31-19-17-29(18-20-31)30-21-23-32(24-22-30)41-35(38)40-28(3)16-14-9-7-5-2/h17-24,26-28H,4-16,25H2,1-3H3. The van der Waals surface area contributed by atoms with Crippen LogP contribution in [-0.2, 0) is 4.74 Å². The molecule has 6 nitrogen and oxygen atoms in total. The molecular formula is C35H48N2O4. The molecule has 41 heavy (non-hydrogen) atoms. The summed E-state index contributed by atoms with van der Waals surface area (Å²) >= 11 is 0. The minimum atomic E-state index is -0.658. The SMILES string of the molecule is CCCCCCCCCCOc1cnc(-c2ccc(-c3ccc(OC(=O)OC(C)CCCCCC)cc3)cc2)nc1. The Labute approximate surface area is 246 Å². The van der Waals surface area contributed by atoms with E-state index in [0.29, 0.717) is 23.9 Å². The monoisotopic (exact) mass is 560 g/mol. The maximum atomic E-state index is 12.1. The normalized spacial score (nSPS) is 11.7. The number of nitrogens with zero attached hydrogens (tertiary/aromatic N) is 2. The van der Waals surface area contributed by atoms with Gasteiger partial charge in [0.1, 0.15) is 11.9 Å². The molecule has 222 valence electrons. The number of hydrogen-bond acceptors (Lipinski definition) is 6. The molecule has 0 fully saturated rings. The fourth-order valence-corrected chi connectivity index (χ4v) is 4.69. The fraction of sp³-hybridized carbons (Fsp3) is 0.514. The van der Waals surface area contributed by atoms with Crippen LogP contribution in [0.25, 0.3) is 22.5 Å². The second-order valence-corrected chi connectivity index (χ2v) is 10.8. The highest BCUT2D eigenvalue weighted by molar-refractivity contribution is 5.69. The summed E-state index contributed by atoms with van der Waals surface area (Å²) in [6.45, 7) is 7.05. The first-order valence-electron chi connectivity index (χ1n) is 15.6. The van der Waals surface area contributed by atoms with E-state index in [4.69, 9.17) is 14.2 Å². The molecule has 0 spiro atoms. The van der Waals surface area contributed by atoms with Crippen LogP contribution in [0.1, 0.15) is 104 Å². The summed E-state index contributed by atoms with van der Waals surface area (Å²) < 4.78 is 16.6. The maximum absolute atomic E-state index is 12.1. The highest BCUT2D eigenvalue weighted by Crippen LogP contribution is 2.26. The van der Waals surface area contributed by atoms with Gasteiger partial charge in [0.25, 0.3) is 0 Å². The van der Waals surface area contributed by atoms with Crippen molar-refractivity contribution in [2.75, 3.05) is 6.61 Å². The quantitative estimate of drug-likeness (QED) is 0.0825. The summed E-state index contributed by atoms with van der Waals surface area (Å²) in [7, 11) is 0. The maximum Gasteiger partial charge on any atom is 0.514 e. The largest absolute Gasteiger partial charge is 0.514 e. The average molecular weight is 561 g/mol. The number of unbranched alkanes of at least 4 members (excludes halogenated alkanes) is 10. The van der Waals surface area contributed by atoms with Gasteiger partial charge in [0.2, 0.25) is 0 Å². The van der Waals surface area contributed by atoms with Gasteiger partial charge in [-0.1, -0.05) is 114 Å².